The van der Waals surface area contributed by atoms with Crippen molar-refractivity contribution in [3.05, 3.63) is 17.2 Å². The number of anilines is 2. The third-order valence-corrected chi connectivity index (χ3v) is 2.95. The fraction of sp³-hybridized carbons (Fsp3) is 0.333. The first-order valence-corrected chi connectivity index (χ1v) is 5.67. The Balaban J connectivity index is 2.26. The van der Waals surface area contributed by atoms with Gasteiger partial charge in [0.2, 0.25) is 5.13 Å². The normalized spacial score (nSPS) is 10.5. The van der Waals surface area contributed by atoms with Crippen molar-refractivity contribution in [2.75, 3.05) is 11.1 Å². The summed E-state index contributed by atoms with van der Waals surface area (Å²) in [4.78, 5) is 16.0. The topological polar surface area (TPSA) is 98.7 Å². The van der Waals surface area contributed by atoms with E-state index in [0.717, 1.165) is 11.5 Å². The standard InChI is InChI=1S/C9H12N6OS/c1-4-6(10)7(15(3)13-4)8(16)12-9-11-5(2)14-17-9/h10H2,1-3H3,(H,11,12,14,16). The quantitative estimate of drug-likeness (QED) is 0.820. The van der Waals surface area contributed by atoms with Crippen molar-refractivity contribution in [3.8, 4) is 0 Å². The van der Waals surface area contributed by atoms with E-state index in [0.29, 0.717) is 28.0 Å². The highest BCUT2D eigenvalue weighted by Crippen LogP contribution is 2.18. The lowest BCUT2D eigenvalue weighted by molar-refractivity contribution is 0.101. The number of nitrogens with one attached hydrogen (secondary N) is 1. The average molecular weight is 252 g/mol. The Hall–Kier alpha value is -1.96. The minimum absolute atomic E-state index is 0.329. The molecule has 7 nitrogen and oxygen atoms in total. The Labute approximate surface area is 102 Å². The number of nitrogens with two attached hydrogens (primary N) is 1. The van der Waals surface area contributed by atoms with Gasteiger partial charge in [0.05, 0.1) is 11.4 Å². The predicted molar refractivity (Wildman–Crippen MR) is 65.0 cm³/mol. The molecule has 0 aromatic carbocycles. The largest absolute Gasteiger partial charge is 0.395 e. The van der Waals surface area contributed by atoms with E-state index in [-0.39, 0.29) is 5.91 Å². The van der Waals surface area contributed by atoms with Gasteiger partial charge in [0, 0.05) is 18.6 Å². The maximum absolute atomic E-state index is 12.0. The Morgan fingerprint density at radius 3 is 2.65 bits per heavy atom. The van der Waals surface area contributed by atoms with Gasteiger partial charge in [-0.3, -0.25) is 14.8 Å². The zero-order chi connectivity index (χ0) is 12.6. The molecule has 0 aliphatic heterocycles. The Morgan fingerprint density at radius 2 is 2.18 bits per heavy atom. The minimum atomic E-state index is -0.332. The smallest absolute Gasteiger partial charge is 0.277 e. The van der Waals surface area contributed by atoms with Crippen molar-refractivity contribution in [1.82, 2.24) is 19.1 Å². The summed E-state index contributed by atoms with van der Waals surface area (Å²) in [5.74, 6) is 0.293. The molecule has 0 unspecified atom stereocenters. The molecule has 8 heteroatoms. The van der Waals surface area contributed by atoms with Crippen molar-refractivity contribution in [2.45, 2.75) is 13.8 Å². The van der Waals surface area contributed by atoms with Crippen LogP contribution in [0.3, 0.4) is 0 Å². The summed E-state index contributed by atoms with van der Waals surface area (Å²) < 4.78 is 5.43. The second kappa shape index (κ2) is 4.13. The maximum atomic E-state index is 12.0. The van der Waals surface area contributed by atoms with Gasteiger partial charge in [-0.25, -0.2) is 4.98 Å². The molecule has 2 rings (SSSR count). The van der Waals surface area contributed by atoms with Crippen LogP contribution in [0.2, 0.25) is 0 Å². The highest BCUT2D eigenvalue weighted by Gasteiger charge is 2.18. The van der Waals surface area contributed by atoms with Crippen LogP contribution in [-0.2, 0) is 7.05 Å². The van der Waals surface area contributed by atoms with Gasteiger partial charge in [-0.1, -0.05) is 0 Å². The number of hydrogen-bond donors (Lipinski definition) is 2. The van der Waals surface area contributed by atoms with Crippen LogP contribution in [0.1, 0.15) is 22.0 Å². The summed E-state index contributed by atoms with van der Waals surface area (Å²) in [6.45, 7) is 3.51. The SMILES string of the molecule is Cc1nsc(NC(=O)c2c(N)c(C)nn2C)n1. The summed E-state index contributed by atoms with van der Waals surface area (Å²) in [6, 6.07) is 0. The lowest BCUT2D eigenvalue weighted by atomic mass is 10.3. The number of rotatable bonds is 2. The molecule has 0 aliphatic rings. The van der Waals surface area contributed by atoms with Crippen LogP contribution in [0.15, 0.2) is 0 Å². The monoisotopic (exact) mass is 252 g/mol. The number of hydrogen-bond acceptors (Lipinski definition) is 6. The fourth-order valence-electron chi connectivity index (χ4n) is 1.45. The van der Waals surface area contributed by atoms with E-state index in [4.69, 9.17) is 5.73 Å². The van der Waals surface area contributed by atoms with Gasteiger partial charge >= 0.3 is 0 Å². The van der Waals surface area contributed by atoms with Crippen LogP contribution < -0.4 is 11.1 Å². The molecule has 0 saturated heterocycles. The Bertz CT molecular complexity index is 572. The van der Waals surface area contributed by atoms with Crippen LogP contribution in [-0.4, -0.2) is 25.0 Å². The number of carbonyl (C=O) groups is 1. The zero-order valence-corrected chi connectivity index (χ0v) is 10.5. The van der Waals surface area contributed by atoms with Crippen LogP contribution >= 0.6 is 11.5 Å². The summed E-state index contributed by atoms with van der Waals surface area (Å²) in [5.41, 5.74) is 7.13. The summed E-state index contributed by atoms with van der Waals surface area (Å²) in [7, 11) is 1.67. The zero-order valence-electron chi connectivity index (χ0n) is 9.68. The van der Waals surface area contributed by atoms with E-state index in [2.05, 4.69) is 19.8 Å². The Morgan fingerprint density at radius 1 is 1.47 bits per heavy atom. The fourth-order valence-corrected chi connectivity index (χ4v) is 2.02. The molecule has 3 N–H and O–H groups in total. The molecule has 2 heterocycles. The number of aromatic nitrogens is 4. The van der Waals surface area contributed by atoms with E-state index < -0.39 is 0 Å². The molecule has 0 spiro atoms. The van der Waals surface area contributed by atoms with Crippen molar-refractivity contribution in [3.63, 3.8) is 0 Å². The second-order valence-corrected chi connectivity index (χ2v) is 4.32. The lowest BCUT2D eigenvalue weighted by Crippen LogP contribution is -2.17. The van der Waals surface area contributed by atoms with Crippen molar-refractivity contribution in [1.29, 1.82) is 0 Å². The predicted octanol–water partition coefficient (Wildman–Crippen LogP) is 0.723. The van der Waals surface area contributed by atoms with Crippen molar-refractivity contribution >= 4 is 28.3 Å². The summed E-state index contributed by atoms with van der Waals surface area (Å²) in [5, 5.41) is 7.17. The second-order valence-electron chi connectivity index (χ2n) is 3.57. The molecule has 0 aliphatic carbocycles. The van der Waals surface area contributed by atoms with Gasteiger partial charge in [0.25, 0.3) is 5.91 Å². The van der Waals surface area contributed by atoms with Crippen molar-refractivity contribution < 1.29 is 4.79 Å². The van der Waals surface area contributed by atoms with E-state index in [1.54, 1.807) is 20.9 Å². The first kappa shape index (κ1) is 11.5. The van der Waals surface area contributed by atoms with Crippen LogP contribution in [0.5, 0.6) is 0 Å². The molecule has 2 aromatic rings. The van der Waals surface area contributed by atoms with E-state index >= 15 is 0 Å². The van der Waals surface area contributed by atoms with Gasteiger partial charge in [0.1, 0.15) is 11.5 Å². The van der Waals surface area contributed by atoms with Crippen LogP contribution in [0, 0.1) is 13.8 Å². The number of amides is 1. The molecular weight excluding hydrogens is 240 g/mol. The molecule has 0 bridgehead atoms. The van der Waals surface area contributed by atoms with E-state index in [9.17, 15) is 4.79 Å². The van der Waals surface area contributed by atoms with Gasteiger partial charge in [-0.2, -0.15) is 9.47 Å². The summed E-state index contributed by atoms with van der Waals surface area (Å²) in [6.07, 6.45) is 0. The molecule has 0 fully saturated rings. The first-order chi connectivity index (χ1) is 7.99. The molecule has 0 atom stereocenters. The third-order valence-electron chi connectivity index (χ3n) is 2.23. The van der Waals surface area contributed by atoms with Crippen LogP contribution in [0.4, 0.5) is 10.8 Å². The molecular formula is C9H12N6OS. The van der Waals surface area contributed by atoms with Gasteiger partial charge < -0.3 is 5.73 Å². The molecule has 2 aromatic heterocycles. The van der Waals surface area contributed by atoms with E-state index in [1.807, 2.05) is 0 Å². The number of nitrogen functional groups attached to an aromatic ring is 1. The first-order valence-electron chi connectivity index (χ1n) is 4.89. The highest BCUT2D eigenvalue weighted by molar-refractivity contribution is 7.09. The molecule has 90 valence electrons. The summed E-state index contributed by atoms with van der Waals surface area (Å²) >= 11 is 1.13. The minimum Gasteiger partial charge on any atom is -0.395 e. The van der Waals surface area contributed by atoms with Crippen LogP contribution in [0.25, 0.3) is 0 Å². The molecule has 1 amide bonds. The lowest BCUT2D eigenvalue weighted by Gasteiger charge is -2.02. The van der Waals surface area contributed by atoms with Gasteiger partial charge in [-0.05, 0) is 13.8 Å². The molecule has 0 radical (unpaired) electrons. The highest BCUT2D eigenvalue weighted by atomic mass is 32.1. The number of nitrogens with zero attached hydrogens (tertiary/aromatic N) is 4. The molecule has 17 heavy (non-hydrogen) atoms. The molecule has 0 saturated carbocycles. The van der Waals surface area contributed by atoms with Gasteiger partial charge in [0.15, 0.2) is 0 Å². The number of aryl methyl sites for hydroxylation is 3. The van der Waals surface area contributed by atoms with Crippen molar-refractivity contribution in [2.24, 2.45) is 7.05 Å². The average Bonchev–Trinajstić information content (AvgIpc) is 2.73. The maximum Gasteiger partial charge on any atom is 0.277 e. The van der Waals surface area contributed by atoms with Gasteiger partial charge in [-0.15, -0.1) is 0 Å². The third kappa shape index (κ3) is 2.11. The Kier molecular flexibility index (Phi) is 2.80. The number of carbonyl (C=O) groups excluding carboxylic acids is 1. The van der Waals surface area contributed by atoms with E-state index in [1.165, 1.54) is 4.68 Å².